The number of phenols is 1. The van der Waals surface area contributed by atoms with Gasteiger partial charge < -0.3 is 15.5 Å². The highest BCUT2D eigenvalue weighted by molar-refractivity contribution is 9.10. The van der Waals surface area contributed by atoms with E-state index >= 15 is 0 Å². The fourth-order valence-electron chi connectivity index (χ4n) is 2.00. The van der Waals surface area contributed by atoms with Gasteiger partial charge in [-0.25, -0.2) is 0 Å². The molecule has 0 bridgehead atoms. The molecule has 3 N–H and O–H groups in total. The van der Waals surface area contributed by atoms with Crippen LogP contribution in [0, 0.1) is 0 Å². The van der Waals surface area contributed by atoms with E-state index in [1.807, 2.05) is 6.07 Å². The van der Waals surface area contributed by atoms with Crippen molar-refractivity contribution in [2.45, 2.75) is 18.4 Å². The average Bonchev–Trinajstić information content (AvgIpc) is 2.23. The molecule has 0 radical (unpaired) electrons. The van der Waals surface area contributed by atoms with Crippen molar-refractivity contribution >= 4 is 15.9 Å². The first kappa shape index (κ1) is 10.9. The lowest BCUT2D eigenvalue weighted by Crippen LogP contribution is -2.43. The standard InChI is InChI=1S/C11H14BrNO2/c12-10-8(3-1-4-9(10)14)11(15)5-2-6-13-7-11/h1,3-4,13-15H,2,5-7H2. The van der Waals surface area contributed by atoms with Crippen LogP contribution in [0.5, 0.6) is 5.75 Å². The second-order valence-electron chi connectivity index (χ2n) is 3.95. The predicted octanol–water partition coefficient (Wildman–Crippen LogP) is 1.73. The Bertz CT molecular complexity index is 362. The van der Waals surface area contributed by atoms with Gasteiger partial charge in [0.2, 0.25) is 0 Å². The monoisotopic (exact) mass is 271 g/mol. The summed E-state index contributed by atoms with van der Waals surface area (Å²) in [5, 5.41) is 23.2. The third kappa shape index (κ3) is 2.02. The van der Waals surface area contributed by atoms with Gasteiger partial charge in [-0.3, -0.25) is 0 Å². The number of hydrogen-bond acceptors (Lipinski definition) is 3. The molecule has 0 saturated carbocycles. The van der Waals surface area contributed by atoms with Crippen LogP contribution in [0.15, 0.2) is 22.7 Å². The maximum absolute atomic E-state index is 10.4. The number of β-amino-alcohol motifs (C(OH)–C–C–N with tert-alkyl or cyclic N) is 1. The minimum Gasteiger partial charge on any atom is -0.507 e. The smallest absolute Gasteiger partial charge is 0.130 e. The molecule has 0 aromatic heterocycles. The summed E-state index contributed by atoms with van der Waals surface area (Å²) in [4.78, 5) is 0. The van der Waals surface area contributed by atoms with E-state index in [-0.39, 0.29) is 5.75 Å². The molecule has 1 saturated heterocycles. The quantitative estimate of drug-likeness (QED) is 0.729. The minimum absolute atomic E-state index is 0.173. The number of halogens is 1. The summed E-state index contributed by atoms with van der Waals surface area (Å²) in [6.45, 7) is 1.48. The maximum Gasteiger partial charge on any atom is 0.130 e. The zero-order chi connectivity index (χ0) is 10.9. The van der Waals surface area contributed by atoms with Gasteiger partial charge in [0.15, 0.2) is 0 Å². The lowest BCUT2D eigenvalue weighted by Gasteiger charge is -2.33. The molecule has 1 fully saturated rings. The van der Waals surface area contributed by atoms with Gasteiger partial charge in [-0.15, -0.1) is 0 Å². The van der Waals surface area contributed by atoms with E-state index in [2.05, 4.69) is 21.2 Å². The molecule has 3 nitrogen and oxygen atoms in total. The summed E-state index contributed by atoms with van der Waals surface area (Å²) in [5.74, 6) is 0.173. The first-order valence-corrected chi connectivity index (χ1v) is 5.84. The third-order valence-electron chi connectivity index (χ3n) is 2.84. The molecular weight excluding hydrogens is 258 g/mol. The van der Waals surface area contributed by atoms with Gasteiger partial charge in [0.05, 0.1) is 4.47 Å². The fraction of sp³-hybridized carbons (Fsp3) is 0.455. The molecule has 2 rings (SSSR count). The molecule has 1 unspecified atom stereocenters. The van der Waals surface area contributed by atoms with Crippen molar-refractivity contribution in [3.63, 3.8) is 0 Å². The number of aliphatic hydroxyl groups is 1. The van der Waals surface area contributed by atoms with Crippen LogP contribution in [0.4, 0.5) is 0 Å². The largest absolute Gasteiger partial charge is 0.507 e. The van der Waals surface area contributed by atoms with Crippen molar-refractivity contribution in [2.75, 3.05) is 13.1 Å². The molecule has 82 valence electrons. The Morgan fingerprint density at radius 3 is 2.87 bits per heavy atom. The summed E-state index contributed by atoms with van der Waals surface area (Å²) < 4.78 is 0.594. The number of rotatable bonds is 1. The van der Waals surface area contributed by atoms with E-state index in [1.165, 1.54) is 0 Å². The molecule has 4 heteroatoms. The molecule has 1 aliphatic heterocycles. The molecule has 15 heavy (non-hydrogen) atoms. The number of benzene rings is 1. The lowest BCUT2D eigenvalue weighted by molar-refractivity contribution is 0.0114. The minimum atomic E-state index is -0.865. The van der Waals surface area contributed by atoms with E-state index < -0.39 is 5.60 Å². The van der Waals surface area contributed by atoms with Crippen LogP contribution in [-0.4, -0.2) is 23.3 Å². The van der Waals surface area contributed by atoms with Gasteiger partial charge in [-0.2, -0.15) is 0 Å². The Hall–Kier alpha value is -0.580. The van der Waals surface area contributed by atoms with E-state index in [9.17, 15) is 10.2 Å². The normalized spacial score (nSPS) is 26.5. The molecule has 1 aromatic carbocycles. The van der Waals surface area contributed by atoms with E-state index in [4.69, 9.17) is 0 Å². The summed E-state index contributed by atoms with van der Waals surface area (Å²) in [5.41, 5.74) is -0.106. The number of piperidine rings is 1. The summed E-state index contributed by atoms with van der Waals surface area (Å²) in [6, 6.07) is 5.20. The highest BCUT2D eigenvalue weighted by Gasteiger charge is 2.33. The van der Waals surface area contributed by atoms with Crippen molar-refractivity contribution in [3.05, 3.63) is 28.2 Å². The van der Waals surface area contributed by atoms with Gasteiger partial charge in [-0.05, 0) is 41.4 Å². The van der Waals surface area contributed by atoms with Crippen LogP contribution < -0.4 is 5.32 Å². The van der Waals surface area contributed by atoms with Crippen LogP contribution in [-0.2, 0) is 5.60 Å². The molecular formula is C11H14BrNO2. The maximum atomic E-state index is 10.4. The Labute approximate surface area is 97.3 Å². The topological polar surface area (TPSA) is 52.5 Å². The third-order valence-corrected chi connectivity index (χ3v) is 3.67. The molecule has 1 atom stereocenters. The van der Waals surface area contributed by atoms with Gasteiger partial charge >= 0.3 is 0 Å². The van der Waals surface area contributed by atoms with Crippen LogP contribution in [0.2, 0.25) is 0 Å². The van der Waals surface area contributed by atoms with Crippen LogP contribution >= 0.6 is 15.9 Å². The van der Waals surface area contributed by atoms with E-state index in [0.717, 1.165) is 24.9 Å². The highest BCUT2D eigenvalue weighted by atomic mass is 79.9. The zero-order valence-corrected chi connectivity index (χ0v) is 9.92. The van der Waals surface area contributed by atoms with E-state index in [0.29, 0.717) is 11.0 Å². The molecule has 0 aliphatic carbocycles. The molecule has 0 amide bonds. The fourth-order valence-corrected chi connectivity index (χ4v) is 2.63. The average molecular weight is 272 g/mol. The Morgan fingerprint density at radius 2 is 2.20 bits per heavy atom. The van der Waals surface area contributed by atoms with Gasteiger partial charge in [-0.1, -0.05) is 12.1 Å². The van der Waals surface area contributed by atoms with Crippen molar-refractivity contribution in [1.29, 1.82) is 0 Å². The Morgan fingerprint density at radius 1 is 1.40 bits per heavy atom. The van der Waals surface area contributed by atoms with Gasteiger partial charge in [0, 0.05) is 12.1 Å². The summed E-state index contributed by atoms with van der Waals surface area (Å²) in [6.07, 6.45) is 1.67. The second kappa shape index (κ2) is 4.12. The van der Waals surface area contributed by atoms with Crippen LogP contribution in [0.1, 0.15) is 18.4 Å². The van der Waals surface area contributed by atoms with Crippen molar-refractivity contribution in [2.24, 2.45) is 0 Å². The SMILES string of the molecule is Oc1cccc(C2(O)CCCNC2)c1Br. The number of nitrogens with one attached hydrogen (secondary N) is 1. The van der Waals surface area contributed by atoms with Crippen LogP contribution in [0.25, 0.3) is 0 Å². The Kier molecular flexibility index (Phi) is 3.00. The first-order valence-electron chi connectivity index (χ1n) is 5.04. The second-order valence-corrected chi connectivity index (χ2v) is 4.74. The summed E-state index contributed by atoms with van der Waals surface area (Å²) in [7, 11) is 0. The van der Waals surface area contributed by atoms with E-state index in [1.54, 1.807) is 12.1 Å². The van der Waals surface area contributed by atoms with Gasteiger partial charge in [0.1, 0.15) is 11.4 Å². The number of phenolic OH excluding ortho intramolecular Hbond substituents is 1. The number of hydrogen-bond donors (Lipinski definition) is 3. The van der Waals surface area contributed by atoms with Crippen molar-refractivity contribution in [3.8, 4) is 5.75 Å². The van der Waals surface area contributed by atoms with Crippen molar-refractivity contribution in [1.82, 2.24) is 5.32 Å². The molecule has 0 spiro atoms. The molecule has 1 heterocycles. The van der Waals surface area contributed by atoms with Crippen LogP contribution in [0.3, 0.4) is 0 Å². The molecule has 1 aliphatic rings. The first-order chi connectivity index (χ1) is 7.13. The zero-order valence-electron chi connectivity index (χ0n) is 8.33. The van der Waals surface area contributed by atoms with Gasteiger partial charge in [0.25, 0.3) is 0 Å². The molecule has 1 aromatic rings. The number of aromatic hydroxyl groups is 1. The van der Waals surface area contributed by atoms with Crippen molar-refractivity contribution < 1.29 is 10.2 Å². The predicted molar refractivity (Wildman–Crippen MR) is 61.8 cm³/mol. The Balaban J connectivity index is 2.39. The highest BCUT2D eigenvalue weighted by Crippen LogP contribution is 2.37. The lowest BCUT2D eigenvalue weighted by atomic mass is 9.86. The summed E-state index contributed by atoms with van der Waals surface area (Å²) >= 11 is 3.31.